The summed E-state index contributed by atoms with van der Waals surface area (Å²) in [6.45, 7) is 2.36. The quantitative estimate of drug-likeness (QED) is 0.715. The van der Waals surface area contributed by atoms with E-state index in [1.54, 1.807) is 37.1 Å². The molecule has 0 aliphatic rings. The third-order valence-corrected chi connectivity index (χ3v) is 2.91. The SMILES string of the molecule is CC(O)CN(C)CC(=O)Nc1ccc(N)cc1Br. The van der Waals surface area contributed by atoms with Gasteiger partial charge in [-0.15, -0.1) is 0 Å². The Morgan fingerprint density at radius 1 is 1.61 bits per heavy atom. The van der Waals surface area contributed by atoms with E-state index in [1.807, 2.05) is 0 Å². The summed E-state index contributed by atoms with van der Waals surface area (Å²) in [6.07, 6.45) is -0.453. The van der Waals surface area contributed by atoms with Gasteiger partial charge in [0.2, 0.25) is 5.91 Å². The highest BCUT2D eigenvalue weighted by Crippen LogP contribution is 2.24. The van der Waals surface area contributed by atoms with Gasteiger partial charge in [0.05, 0.1) is 18.3 Å². The molecule has 0 aromatic heterocycles. The first-order chi connectivity index (χ1) is 8.38. The van der Waals surface area contributed by atoms with Gasteiger partial charge in [0.25, 0.3) is 0 Å². The number of benzene rings is 1. The van der Waals surface area contributed by atoms with Gasteiger partial charge in [-0.2, -0.15) is 0 Å². The van der Waals surface area contributed by atoms with E-state index >= 15 is 0 Å². The second-order valence-electron chi connectivity index (χ2n) is 4.33. The fraction of sp³-hybridized carbons (Fsp3) is 0.417. The summed E-state index contributed by atoms with van der Waals surface area (Å²) in [5.41, 5.74) is 6.93. The number of nitrogens with zero attached hydrogens (tertiary/aromatic N) is 1. The minimum Gasteiger partial charge on any atom is -0.399 e. The van der Waals surface area contributed by atoms with E-state index in [4.69, 9.17) is 5.73 Å². The van der Waals surface area contributed by atoms with Gasteiger partial charge in [-0.1, -0.05) is 0 Å². The summed E-state index contributed by atoms with van der Waals surface area (Å²) in [6, 6.07) is 5.20. The average molecular weight is 316 g/mol. The van der Waals surface area contributed by atoms with Crippen molar-refractivity contribution in [2.75, 3.05) is 31.2 Å². The maximum Gasteiger partial charge on any atom is 0.238 e. The molecule has 0 saturated carbocycles. The summed E-state index contributed by atoms with van der Waals surface area (Å²) in [7, 11) is 1.78. The zero-order valence-corrected chi connectivity index (χ0v) is 12.1. The third-order valence-electron chi connectivity index (χ3n) is 2.26. The van der Waals surface area contributed by atoms with E-state index < -0.39 is 6.10 Å². The Bertz CT molecular complexity index is 424. The second kappa shape index (κ2) is 6.72. The summed E-state index contributed by atoms with van der Waals surface area (Å²) < 4.78 is 0.744. The van der Waals surface area contributed by atoms with Crippen molar-refractivity contribution in [1.29, 1.82) is 0 Å². The van der Waals surface area contributed by atoms with Crippen molar-refractivity contribution < 1.29 is 9.90 Å². The minimum absolute atomic E-state index is 0.136. The molecule has 1 atom stereocenters. The summed E-state index contributed by atoms with van der Waals surface area (Å²) in [4.78, 5) is 13.5. The van der Waals surface area contributed by atoms with Crippen molar-refractivity contribution >= 4 is 33.2 Å². The number of halogens is 1. The molecule has 0 spiro atoms. The van der Waals surface area contributed by atoms with Gasteiger partial charge in [-0.25, -0.2) is 0 Å². The summed E-state index contributed by atoms with van der Waals surface area (Å²) in [5, 5.41) is 12.0. The molecule has 0 radical (unpaired) electrons. The second-order valence-corrected chi connectivity index (χ2v) is 5.19. The molecule has 1 aromatic carbocycles. The smallest absolute Gasteiger partial charge is 0.238 e. The first-order valence-corrected chi connectivity index (χ1v) is 6.39. The molecule has 0 heterocycles. The number of anilines is 2. The standard InChI is InChI=1S/C12H18BrN3O2/c1-8(17)6-16(2)7-12(18)15-11-4-3-9(14)5-10(11)13/h3-5,8,17H,6-7,14H2,1-2H3,(H,15,18). The largest absolute Gasteiger partial charge is 0.399 e. The number of likely N-dealkylation sites (N-methyl/N-ethyl adjacent to an activating group) is 1. The number of amides is 1. The molecule has 1 rings (SSSR count). The molecule has 4 N–H and O–H groups in total. The summed E-state index contributed by atoms with van der Waals surface area (Å²) in [5.74, 6) is -0.136. The molecule has 0 aliphatic heterocycles. The Morgan fingerprint density at radius 2 is 2.28 bits per heavy atom. The van der Waals surface area contributed by atoms with Crippen LogP contribution in [0.15, 0.2) is 22.7 Å². The van der Waals surface area contributed by atoms with Crippen LogP contribution in [0.3, 0.4) is 0 Å². The van der Waals surface area contributed by atoms with E-state index in [1.165, 1.54) is 0 Å². The van der Waals surface area contributed by atoms with E-state index in [0.29, 0.717) is 17.9 Å². The van der Waals surface area contributed by atoms with Crippen LogP contribution in [0.5, 0.6) is 0 Å². The van der Waals surface area contributed by atoms with Crippen LogP contribution in [0, 0.1) is 0 Å². The lowest BCUT2D eigenvalue weighted by Gasteiger charge is -2.18. The topological polar surface area (TPSA) is 78.6 Å². The number of nitrogens with one attached hydrogen (secondary N) is 1. The number of hydrogen-bond acceptors (Lipinski definition) is 4. The molecule has 0 fully saturated rings. The lowest BCUT2D eigenvalue weighted by molar-refractivity contribution is -0.117. The van der Waals surface area contributed by atoms with Crippen LogP contribution in [-0.2, 0) is 4.79 Å². The maximum atomic E-state index is 11.8. The number of carbonyl (C=O) groups is 1. The molecule has 1 unspecified atom stereocenters. The van der Waals surface area contributed by atoms with Crippen molar-refractivity contribution in [3.05, 3.63) is 22.7 Å². The van der Waals surface area contributed by atoms with Crippen LogP contribution in [-0.4, -0.2) is 42.2 Å². The molecule has 1 aromatic rings. The van der Waals surface area contributed by atoms with Crippen LogP contribution < -0.4 is 11.1 Å². The zero-order chi connectivity index (χ0) is 13.7. The molecule has 0 aliphatic carbocycles. The Morgan fingerprint density at radius 3 is 2.83 bits per heavy atom. The monoisotopic (exact) mass is 315 g/mol. The average Bonchev–Trinajstić information content (AvgIpc) is 2.20. The molecular formula is C12H18BrN3O2. The number of aliphatic hydroxyl groups excluding tert-OH is 1. The Hall–Kier alpha value is -1.11. The molecular weight excluding hydrogens is 298 g/mol. The first-order valence-electron chi connectivity index (χ1n) is 5.60. The highest BCUT2D eigenvalue weighted by molar-refractivity contribution is 9.10. The van der Waals surface area contributed by atoms with Gasteiger partial charge in [0, 0.05) is 16.7 Å². The molecule has 6 heteroatoms. The highest BCUT2D eigenvalue weighted by atomic mass is 79.9. The lowest BCUT2D eigenvalue weighted by atomic mass is 10.3. The molecule has 5 nitrogen and oxygen atoms in total. The first kappa shape index (κ1) is 14.9. The van der Waals surface area contributed by atoms with Gasteiger partial charge in [-0.05, 0) is 48.1 Å². The molecule has 18 heavy (non-hydrogen) atoms. The predicted octanol–water partition coefficient (Wildman–Crippen LogP) is 1.28. The van der Waals surface area contributed by atoms with E-state index in [0.717, 1.165) is 4.47 Å². The van der Waals surface area contributed by atoms with Crippen molar-refractivity contribution in [2.24, 2.45) is 0 Å². The third kappa shape index (κ3) is 5.03. The van der Waals surface area contributed by atoms with Crippen LogP contribution in [0.25, 0.3) is 0 Å². The summed E-state index contributed by atoms with van der Waals surface area (Å²) >= 11 is 3.33. The van der Waals surface area contributed by atoms with Crippen LogP contribution in [0.2, 0.25) is 0 Å². The van der Waals surface area contributed by atoms with Gasteiger partial charge in [0.15, 0.2) is 0 Å². The molecule has 1 amide bonds. The Balaban J connectivity index is 2.54. The van der Waals surface area contributed by atoms with Gasteiger partial charge in [-0.3, -0.25) is 9.69 Å². The van der Waals surface area contributed by atoms with Crippen LogP contribution in [0.1, 0.15) is 6.92 Å². The van der Waals surface area contributed by atoms with E-state index in [2.05, 4.69) is 21.2 Å². The van der Waals surface area contributed by atoms with Crippen molar-refractivity contribution in [3.63, 3.8) is 0 Å². The molecule has 0 saturated heterocycles. The number of nitrogen functional groups attached to an aromatic ring is 1. The van der Waals surface area contributed by atoms with Gasteiger partial charge in [0.1, 0.15) is 0 Å². The van der Waals surface area contributed by atoms with Crippen molar-refractivity contribution in [1.82, 2.24) is 4.90 Å². The zero-order valence-electron chi connectivity index (χ0n) is 10.5. The Kier molecular flexibility index (Phi) is 5.58. The van der Waals surface area contributed by atoms with E-state index in [-0.39, 0.29) is 12.5 Å². The number of rotatable bonds is 5. The predicted molar refractivity (Wildman–Crippen MR) is 76.4 cm³/mol. The van der Waals surface area contributed by atoms with Gasteiger partial charge < -0.3 is 16.2 Å². The Labute approximate surface area is 115 Å². The molecule has 0 bridgehead atoms. The molecule has 100 valence electrons. The minimum atomic E-state index is -0.453. The normalized spacial score (nSPS) is 12.5. The van der Waals surface area contributed by atoms with Crippen molar-refractivity contribution in [3.8, 4) is 0 Å². The maximum absolute atomic E-state index is 11.8. The lowest BCUT2D eigenvalue weighted by Crippen LogP contribution is -2.34. The van der Waals surface area contributed by atoms with Crippen LogP contribution in [0.4, 0.5) is 11.4 Å². The fourth-order valence-electron chi connectivity index (χ4n) is 1.58. The number of hydrogen-bond donors (Lipinski definition) is 3. The van der Waals surface area contributed by atoms with Gasteiger partial charge >= 0.3 is 0 Å². The van der Waals surface area contributed by atoms with Crippen LogP contribution >= 0.6 is 15.9 Å². The number of carbonyl (C=O) groups excluding carboxylic acids is 1. The van der Waals surface area contributed by atoms with Crippen molar-refractivity contribution in [2.45, 2.75) is 13.0 Å². The fourth-order valence-corrected chi connectivity index (χ4v) is 2.08. The van der Waals surface area contributed by atoms with E-state index in [9.17, 15) is 9.90 Å². The highest BCUT2D eigenvalue weighted by Gasteiger charge is 2.10. The number of nitrogens with two attached hydrogens (primary N) is 1. The number of aliphatic hydroxyl groups is 1.